The molecule has 3 rings (SSSR count). The Morgan fingerprint density at radius 3 is 2.80 bits per heavy atom. The number of carbonyl (C=O) groups is 1. The lowest BCUT2D eigenvalue weighted by molar-refractivity contribution is -0.137. The topological polar surface area (TPSA) is 32.3 Å². The number of hydrogen-bond donors (Lipinski definition) is 1. The van der Waals surface area contributed by atoms with Gasteiger partial charge in [-0.1, -0.05) is 12.2 Å². The standard InChI is InChI=1S/C14H13F3N2O/c1-8(20)19-13-4-2-3-10(13)11-7-9(14(15,16)17)5-6-12(11)18-19/h2-3,5-7,10,13,18H,4H2,1H3/t10-,13-/m1/s1. The Morgan fingerprint density at radius 2 is 2.15 bits per heavy atom. The monoisotopic (exact) mass is 282 g/mol. The van der Waals surface area contributed by atoms with Crippen LogP contribution in [0.1, 0.15) is 30.4 Å². The lowest BCUT2D eigenvalue weighted by Gasteiger charge is -2.39. The molecule has 1 aliphatic heterocycles. The molecule has 0 saturated carbocycles. The molecule has 1 aromatic carbocycles. The fourth-order valence-electron chi connectivity index (χ4n) is 2.86. The van der Waals surface area contributed by atoms with Crippen LogP contribution in [-0.4, -0.2) is 17.0 Å². The molecule has 3 nitrogen and oxygen atoms in total. The second-order valence-electron chi connectivity index (χ2n) is 5.06. The summed E-state index contributed by atoms with van der Waals surface area (Å²) in [6.45, 7) is 1.44. The van der Waals surface area contributed by atoms with Gasteiger partial charge in [0, 0.05) is 12.8 Å². The van der Waals surface area contributed by atoms with E-state index in [4.69, 9.17) is 0 Å². The van der Waals surface area contributed by atoms with Gasteiger partial charge < -0.3 is 0 Å². The van der Waals surface area contributed by atoms with Crippen LogP contribution in [0.15, 0.2) is 30.4 Å². The number of alkyl halides is 3. The summed E-state index contributed by atoms with van der Waals surface area (Å²) in [6.07, 6.45) is 0.0697. The van der Waals surface area contributed by atoms with Crippen molar-refractivity contribution >= 4 is 11.6 Å². The maximum absolute atomic E-state index is 12.8. The van der Waals surface area contributed by atoms with Crippen molar-refractivity contribution in [1.29, 1.82) is 0 Å². The van der Waals surface area contributed by atoms with Gasteiger partial charge >= 0.3 is 6.18 Å². The zero-order chi connectivity index (χ0) is 14.5. The van der Waals surface area contributed by atoms with Crippen molar-refractivity contribution in [3.63, 3.8) is 0 Å². The number of halogens is 3. The molecule has 2 aliphatic rings. The highest BCUT2D eigenvalue weighted by Gasteiger charge is 2.39. The molecule has 6 heteroatoms. The predicted octanol–water partition coefficient (Wildman–Crippen LogP) is 3.31. The highest BCUT2D eigenvalue weighted by molar-refractivity contribution is 5.77. The van der Waals surface area contributed by atoms with Crippen molar-refractivity contribution in [3.8, 4) is 0 Å². The van der Waals surface area contributed by atoms with E-state index in [0.29, 0.717) is 17.7 Å². The molecule has 0 aromatic heterocycles. The average molecular weight is 282 g/mol. The van der Waals surface area contributed by atoms with E-state index in [9.17, 15) is 18.0 Å². The number of carbonyl (C=O) groups excluding carboxylic acids is 1. The predicted molar refractivity (Wildman–Crippen MR) is 67.9 cm³/mol. The first-order chi connectivity index (χ1) is 9.38. The van der Waals surface area contributed by atoms with Gasteiger partial charge in [-0.2, -0.15) is 13.2 Å². The Balaban J connectivity index is 2.07. The van der Waals surface area contributed by atoms with Crippen LogP contribution in [0.25, 0.3) is 0 Å². The second-order valence-corrected chi connectivity index (χ2v) is 5.06. The Labute approximate surface area is 114 Å². The fourth-order valence-corrected chi connectivity index (χ4v) is 2.86. The van der Waals surface area contributed by atoms with Gasteiger partial charge in [0.05, 0.1) is 17.3 Å². The molecular formula is C14H13F3N2O. The van der Waals surface area contributed by atoms with E-state index in [1.807, 2.05) is 12.2 Å². The summed E-state index contributed by atoms with van der Waals surface area (Å²) in [6, 6.07) is 3.44. The van der Waals surface area contributed by atoms with Crippen molar-refractivity contribution in [2.45, 2.75) is 31.5 Å². The number of benzene rings is 1. The van der Waals surface area contributed by atoms with Crippen LogP contribution in [0.4, 0.5) is 18.9 Å². The summed E-state index contributed by atoms with van der Waals surface area (Å²) < 4.78 is 38.4. The van der Waals surface area contributed by atoms with E-state index in [2.05, 4.69) is 5.43 Å². The molecule has 0 spiro atoms. The van der Waals surface area contributed by atoms with Gasteiger partial charge in [-0.15, -0.1) is 0 Å². The normalized spacial score (nSPS) is 24.1. The highest BCUT2D eigenvalue weighted by Crippen LogP contribution is 2.43. The Morgan fingerprint density at radius 1 is 1.40 bits per heavy atom. The zero-order valence-corrected chi connectivity index (χ0v) is 10.7. The third-order valence-electron chi connectivity index (χ3n) is 3.79. The Hall–Kier alpha value is -1.98. The smallest absolute Gasteiger partial charge is 0.295 e. The summed E-state index contributed by atoms with van der Waals surface area (Å²) in [4.78, 5) is 11.6. The van der Waals surface area contributed by atoms with Crippen LogP contribution in [-0.2, 0) is 11.0 Å². The third-order valence-corrected chi connectivity index (χ3v) is 3.79. The summed E-state index contributed by atoms with van der Waals surface area (Å²) in [5, 5.41) is 1.50. The quantitative estimate of drug-likeness (QED) is 0.740. The molecule has 0 radical (unpaired) electrons. The minimum Gasteiger partial charge on any atom is -0.295 e. The minimum absolute atomic E-state index is 0.144. The van der Waals surface area contributed by atoms with Crippen molar-refractivity contribution in [3.05, 3.63) is 41.5 Å². The molecule has 1 amide bonds. The third kappa shape index (κ3) is 1.95. The van der Waals surface area contributed by atoms with Gasteiger partial charge in [-0.05, 0) is 30.2 Å². The molecule has 2 atom stereocenters. The van der Waals surface area contributed by atoms with Crippen molar-refractivity contribution < 1.29 is 18.0 Å². The number of rotatable bonds is 0. The summed E-state index contributed by atoms with van der Waals surface area (Å²) >= 11 is 0. The molecule has 1 aliphatic carbocycles. The number of amides is 1. The molecular weight excluding hydrogens is 269 g/mol. The molecule has 20 heavy (non-hydrogen) atoms. The maximum Gasteiger partial charge on any atom is 0.416 e. The molecule has 1 heterocycles. The van der Waals surface area contributed by atoms with Crippen LogP contribution in [0.3, 0.4) is 0 Å². The molecule has 0 fully saturated rings. The van der Waals surface area contributed by atoms with E-state index in [1.165, 1.54) is 24.1 Å². The van der Waals surface area contributed by atoms with Gasteiger partial charge in [-0.3, -0.25) is 15.2 Å². The van der Waals surface area contributed by atoms with E-state index < -0.39 is 11.7 Å². The first kappa shape index (κ1) is 13.0. The molecule has 0 bridgehead atoms. The number of fused-ring (bicyclic) bond motifs is 3. The van der Waals surface area contributed by atoms with Crippen molar-refractivity contribution in [1.82, 2.24) is 5.01 Å². The number of hydrazine groups is 1. The van der Waals surface area contributed by atoms with E-state index >= 15 is 0 Å². The summed E-state index contributed by atoms with van der Waals surface area (Å²) in [5.74, 6) is -0.327. The molecule has 0 saturated heterocycles. The Kier molecular flexibility index (Phi) is 2.77. The minimum atomic E-state index is -4.36. The number of hydrogen-bond acceptors (Lipinski definition) is 2. The van der Waals surface area contributed by atoms with Crippen molar-refractivity contribution in [2.24, 2.45) is 0 Å². The molecule has 1 N–H and O–H groups in total. The lowest BCUT2D eigenvalue weighted by Crippen LogP contribution is -2.47. The lowest BCUT2D eigenvalue weighted by atomic mass is 9.89. The van der Waals surface area contributed by atoms with E-state index in [0.717, 1.165) is 6.07 Å². The fraction of sp³-hybridized carbons (Fsp3) is 0.357. The van der Waals surface area contributed by atoms with Crippen LogP contribution in [0, 0.1) is 0 Å². The van der Waals surface area contributed by atoms with Gasteiger partial charge in [0.25, 0.3) is 0 Å². The second kappa shape index (κ2) is 4.26. The van der Waals surface area contributed by atoms with E-state index in [1.54, 1.807) is 0 Å². The largest absolute Gasteiger partial charge is 0.416 e. The van der Waals surface area contributed by atoms with Crippen LogP contribution in [0.5, 0.6) is 0 Å². The van der Waals surface area contributed by atoms with Gasteiger partial charge in [-0.25, -0.2) is 0 Å². The zero-order valence-electron chi connectivity index (χ0n) is 10.7. The Bertz CT molecular complexity index is 595. The van der Waals surface area contributed by atoms with Gasteiger partial charge in [0.15, 0.2) is 0 Å². The van der Waals surface area contributed by atoms with Crippen LogP contribution in [0.2, 0.25) is 0 Å². The maximum atomic E-state index is 12.8. The summed E-state index contributed by atoms with van der Waals surface area (Å²) in [7, 11) is 0. The number of anilines is 1. The molecule has 106 valence electrons. The molecule has 0 unspecified atom stereocenters. The van der Waals surface area contributed by atoms with Gasteiger partial charge in [0.2, 0.25) is 5.91 Å². The number of nitrogens with zero attached hydrogens (tertiary/aromatic N) is 1. The molecule has 1 aromatic rings. The first-order valence-electron chi connectivity index (χ1n) is 6.32. The van der Waals surface area contributed by atoms with Gasteiger partial charge in [0.1, 0.15) is 0 Å². The van der Waals surface area contributed by atoms with Crippen LogP contribution < -0.4 is 5.43 Å². The highest BCUT2D eigenvalue weighted by atomic mass is 19.4. The summed E-state index contributed by atoms with van der Waals surface area (Å²) in [5.41, 5.74) is 3.41. The number of nitrogens with one attached hydrogen (secondary N) is 1. The average Bonchev–Trinajstić information content (AvgIpc) is 2.85. The van der Waals surface area contributed by atoms with Crippen molar-refractivity contribution in [2.75, 3.05) is 5.43 Å². The SMILES string of the molecule is CC(=O)N1Nc2ccc(C(F)(F)F)cc2[C@H]2C=CC[C@H]21. The van der Waals surface area contributed by atoms with Crippen LogP contribution >= 0.6 is 0 Å². The first-order valence-corrected chi connectivity index (χ1v) is 6.32. The van der Waals surface area contributed by atoms with E-state index in [-0.39, 0.29) is 17.9 Å².